The molecule has 1 N–H and O–H groups in total. The van der Waals surface area contributed by atoms with Crippen LogP contribution in [0.4, 0.5) is 5.69 Å². The van der Waals surface area contributed by atoms with Gasteiger partial charge in [0.2, 0.25) is 10.9 Å². The highest BCUT2D eigenvalue weighted by molar-refractivity contribution is 6.45. The molecular weight excluding hydrogens is 432 g/mol. The van der Waals surface area contributed by atoms with Crippen LogP contribution in [-0.2, 0) is 4.79 Å². The number of carbonyl (C=O) groups is 2. The second-order valence-corrected chi connectivity index (χ2v) is 8.85. The zero-order valence-corrected chi connectivity index (χ0v) is 19.2. The van der Waals surface area contributed by atoms with Crippen LogP contribution in [0.5, 0.6) is 0 Å². The fourth-order valence-corrected chi connectivity index (χ4v) is 4.88. The van der Waals surface area contributed by atoms with E-state index in [1.807, 2.05) is 56.0 Å². The molecule has 2 aromatic carbocycles. The van der Waals surface area contributed by atoms with Crippen molar-refractivity contribution in [3.8, 4) is 11.1 Å². The number of rotatable bonds is 4. The van der Waals surface area contributed by atoms with Gasteiger partial charge in [-0.25, -0.2) is 0 Å². The lowest BCUT2D eigenvalue weighted by Crippen LogP contribution is -2.58. The third kappa shape index (κ3) is 3.25. The van der Waals surface area contributed by atoms with Gasteiger partial charge in [-0.15, -0.1) is 0 Å². The van der Waals surface area contributed by atoms with Crippen LogP contribution in [0.3, 0.4) is 0 Å². The number of carbonyl (C=O) groups excluding carboxylic acids is 2. The smallest absolute Gasteiger partial charge is 0.295 e. The van der Waals surface area contributed by atoms with Crippen molar-refractivity contribution in [2.45, 2.75) is 26.8 Å². The predicted molar refractivity (Wildman–Crippen MR) is 130 cm³/mol. The van der Waals surface area contributed by atoms with Crippen LogP contribution in [0.1, 0.15) is 28.5 Å². The summed E-state index contributed by atoms with van der Waals surface area (Å²) in [4.78, 5) is 61.9. The van der Waals surface area contributed by atoms with Gasteiger partial charge >= 0.3 is 0 Å². The van der Waals surface area contributed by atoms with Gasteiger partial charge in [0.25, 0.3) is 11.7 Å². The number of amides is 1. The molecule has 4 aromatic rings. The minimum Gasteiger partial charge on any atom is -0.361 e. The molecule has 1 saturated heterocycles. The number of Topliss-reactive ketones (excluding diaryl/α,β-unsaturated/α-hetero) is 1. The largest absolute Gasteiger partial charge is 0.361 e. The maximum Gasteiger partial charge on any atom is 0.295 e. The fourth-order valence-electron chi connectivity index (χ4n) is 4.88. The first-order chi connectivity index (χ1) is 16.3. The maximum atomic E-state index is 13.2. The minimum atomic E-state index is -0.574. The highest BCUT2D eigenvalue weighted by atomic mass is 16.2. The molecule has 0 radical (unpaired) electrons. The number of piperazine rings is 1. The third-order valence-electron chi connectivity index (χ3n) is 6.68. The Morgan fingerprint density at radius 1 is 1.06 bits per heavy atom. The quantitative estimate of drug-likeness (QED) is 0.374. The SMILES string of the molecule is Cc1ncc(C)c2c(C(=O)C(=O)N3CCN(c4c(-c5ccccc5)c(=O)c4=O)[C@@H](C)C3)c[nH]c12. The fraction of sp³-hybridized carbons (Fsp3) is 0.269. The van der Waals surface area contributed by atoms with E-state index in [4.69, 9.17) is 0 Å². The molecule has 1 aliphatic rings. The summed E-state index contributed by atoms with van der Waals surface area (Å²) in [6, 6.07) is 8.89. The average molecular weight is 457 g/mol. The Morgan fingerprint density at radius 2 is 1.79 bits per heavy atom. The average Bonchev–Trinajstić information content (AvgIpc) is 3.31. The number of aromatic nitrogens is 2. The molecule has 0 saturated carbocycles. The van der Waals surface area contributed by atoms with E-state index in [1.54, 1.807) is 12.4 Å². The lowest BCUT2D eigenvalue weighted by molar-refractivity contribution is -0.127. The maximum absolute atomic E-state index is 13.2. The lowest BCUT2D eigenvalue weighted by Gasteiger charge is -2.41. The van der Waals surface area contributed by atoms with Crippen LogP contribution < -0.4 is 15.8 Å². The van der Waals surface area contributed by atoms with E-state index in [-0.39, 0.29) is 19.1 Å². The normalized spacial score (nSPS) is 16.4. The van der Waals surface area contributed by atoms with Gasteiger partial charge in [-0.1, -0.05) is 30.3 Å². The molecule has 8 heteroatoms. The van der Waals surface area contributed by atoms with Gasteiger partial charge in [0.05, 0.1) is 22.3 Å². The Hall–Kier alpha value is -4.07. The standard InChI is InChI=1S/C26H24N4O4/c1-14-11-27-16(3)21-19(14)18(12-28-21)23(31)26(34)29-9-10-30(15(2)13-29)22-20(24(32)25(22)33)17-7-5-4-6-8-17/h4-8,11-12,15,28H,9-10,13H2,1-3H3/t15-/m0/s1. The number of hydrogen-bond donors (Lipinski definition) is 1. The van der Waals surface area contributed by atoms with Gasteiger partial charge < -0.3 is 14.8 Å². The van der Waals surface area contributed by atoms with Crippen LogP contribution in [0.2, 0.25) is 0 Å². The van der Waals surface area contributed by atoms with Crippen molar-refractivity contribution in [1.29, 1.82) is 0 Å². The molecule has 0 spiro atoms. The summed E-state index contributed by atoms with van der Waals surface area (Å²) in [6.45, 7) is 6.52. The first-order valence-electron chi connectivity index (χ1n) is 11.2. The third-order valence-corrected chi connectivity index (χ3v) is 6.68. The van der Waals surface area contributed by atoms with Crippen molar-refractivity contribution in [1.82, 2.24) is 14.9 Å². The Balaban J connectivity index is 1.38. The van der Waals surface area contributed by atoms with Crippen LogP contribution >= 0.6 is 0 Å². The summed E-state index contributed by atoms with van der Waals surface area (Å²) >= 11 is 0. The van der Waals surface area contributed by atoms with Crippen LogP contribution in [0.15, 0.2) is 52.3 Å². The molecule has 1 amide bonds. The highest BCUT2D eigenvalue weighted by Crippen LogP contribution is 2.30. The number of ketones is 1. The molecule has 0 aliphatic carbocycles. The molecule has 1 aliphatic heterocycles. The number of aryl methyl sites for hydroxylation is 2. The van der Waals surface area contributed by atoms with Crippen LogP contribution in [-0.4, -0.2) is 52.2 Å². The zero-order chi connectivity index (χ0) is 24.1. The lowest BCUT2D eigenvalue weighted by atomic mass is 9.96. The van der Waals surface area contributed by atoms with Gasteiger partial charge in [0, 0.05) is 43.5 Å². The van der Waals surface area contributed by atoms with E-state index in [0.29, 0.717) is 34.3 Å². The van der Waals surface area contributed by atoms with Gasteiger partial charge in [-0.3, -0.25) is 24.2 Å². The number of hydrogen-bond acceptors (Lipinski definition) is 6. The molecule has 1 atom stereocenters. The summed E-state index contributed by atoms with van der Waals surface area (Å²) in [5.74, 6) is -1.14. The van der Waals surface area contributed by atoms with Gasteiger partial charge in [-0.05, 0) is 31.9 Å². The van der Waals surface area contributed by atoms with E-state index >= 15 is 0 Å². The van der Waals surface area contributed by atoms with Crippen LogP contribution in [0.25, 0.3) is 22.0 Å². The van der Waals surface area contributed by atoms with Crippen molar-refractivity contribution in [3.05, 3.63) is 80.0 Å². The van der Waals surface area contributed by atoms with Crippen molar-refractivity contribution in [3.63, 3.8) is 0 Å². The number of anilines is 1. The Kier molecular flexibility index (Phi) is 5.16. The van der Waals surface area contributed by atoms with E-state index in [0.717, 1.165) is 16.8 Å². The molecular formula is C26H24N4O4. The molecule has 34 heavy (non-hydrogen) atoms. The van der Waals surface area contributed by atoms with E-state index in [2.05, 4.69) is 9.97 Å². The molecule has 0 unspecified atom stereocenters. The highest BCUT2D eigenvalue weighted by Gasteiger charge is 2.36. The van der Waals surface area contributed by atoms with Gasteiger partial charge in [0.1, 0.15) is 5.69 Å². The minimum absolute atomic E-state index is 0.229. The molecule has 1 fully saturated rings. The van der Waals surface area contributed by atoms with Gasteiger partial charge in [0.15, 0.2) is 0 Å². The molecule has 2 aromatic heterocycles. The molecule has 0 bridgehead atoms. The molecule has 3 heterocycles. The number of pyridine rings is 1. The summed E-state index contributed by atoms with van der Waals surface area (Å²) in [5, 5.41) is 0.716. The number of benzene rings is 1. The first kappa shape index (κ1) is 21.8. The molecule has 5 rings (SSSR count). The Bertz CT molecular complexity index is 1510. The number of nitrogens with zero attached hydrogens (tertiary/aromatic N) is 3. The number of nitrogens with one attached hydrogen (secondary N) is 1. The zero-order valence-electron chi connectivity index (χ0n) is 19.2. The van der Waals surface area contributed by atoms with E-state index in [9.17, 15) is 19.2 Å². The monoisotopic (exact) mass is 456 g/mol. The Morgan fingerprint density at radius 3 is 2.50 bits per heavy atom. The first-order valence-corrected chi connectivity index (χ1v) is 11.2. The Labute approximate surface area is 195 Å². The second-order valence-electron chi connectivity index (χ2n) is 8.85. The summed E-state index contributed by atoms with van der Waals surface area (Å²) in [6.07, 6.45) is 3.27. The van der Waals surface area contributed by atoms with Crippen molar-refractivity contribution < 1.29 is 9.59 Å². The summed E-state index contributed by atoms with van der Waals surface area (Å²) in [7, 11) is 0. The van der Waals surface area contributed by atoms with E-state index < -0.39 is 22.5 Å². The summed E-state index contributed by atoms with van der Waals surface area (Å²) < 4.78 is 0. The number of H-pyrrole nitrogens is 1. The molecule has 8 nitrogen and oxygen atoms in total. The van der Waals surface area contributed by atoms with Crippen molar-refractivity contribution in [2.75, 3.05) is 24.5 Å². The van der Waals surface area contributed by atoms with Gasteiger partial charge in [-0.2, -0.15) is 0 Å². The predicted octanol–water partition coefficient (Wildman–Crippen LogP) is 2.36. The van der Waals surface area contributed by atoms with Crippen LogP contribution in [0, 0.1) is 13.8 Å². The molecule has 172 valence electrons. The second kappa shape index (κ2) is 8.06. The summed E-state index contributed by atoms with van der Waals surface area (Å²) in [5.41, 5.74) is 3.23. The topological polar surface area (TPSA) is 103 Å². The number of fused-ring (bicyclic) bond motifs is 1. The van der Waals surface area contributed by atoms with E-state index in [1.165, 1.54) is 4.90 Å². The van der Waals surface area contributed by atoms with Crippen molar-refractivity contribution >= 4 is 28.3 Å². The number of aromatic amines is 1. The van der Waals surface area contributed by atoms with Crippen molar-refractivity contribution in [2.24, 2.45) is 0 Å².